The Morgan fingerprint density at radius 1 is 0.507 bits per heavy atom. The second kappa shape index (κ2) is 25.0. The fourth-order valence-electron chi connectivity index (χ4n) is 7.25. The molecule has 0 bridgehead atoms. The molecule has 3 saturated heterocycles. The normalized spacial score (nSPS) is 32.4. The average Bonchev–Trinajstić information content (AvgIpc) is 3.18. The van der Waals surface area contributed by atoms with Crippen molar-refractivity contribution in [2.24, 2.45) is 5.73 Å². The molecule has 3 rings (SSSR count). The summed E-state index contributed by atoms with van der Waals surface area (Å²) in [4.78, 5) is 125. The summed E-state index contributed by atoms with van der Waals surface area (Å²) in [5.74, 6) is -9.78. The molecule has 27 heteroatoms. The topological polar surface area (TPSA) is 358 Å². The standard InChI is InChI=1S/C40H58N2O25/c1-14(27(41)37(52)53)56-38-28(42-16(3)43)32(30(59-20(7)47)25(64-38)12-54-17(4)44)66-40-36(34(62-23(10)50)31(60-21(8)48)26(65-40)13-55-18(5)45)67-39-35(63-24(11)51)33(61-22(9)49)29(15(2)57-39)58-19(6)46/h14-15,25-36,38-40H,12-13,41H2,1-11H3,(H,42,43)(H,52,53)/t14-,15+,25-,26-,27+,28-,29-,30+,31+,32-,33-,34+,35+,36-,38+,39+,40+/m1/s1. The van der Waals surface area contributed by atoms with Crippen LogP contribution in [0.1, 0.15) is 76.2 Å². The zero-order valence-corrected chi connectivity index (χ0v) is 38.6. The Morgan fingerprint density at radius 2 is 0.881 bits per heavy atom. The molecule has 0 unspecified atom stereocenters. The maximum atomic E-state index is 13.0. The van der Waals surface area contributed by atoms with Gasteiger partial charge in [0.15, 0.2) is 61.6 Å². The van der Waals surface area contributed by atoms with E-state index >= 15 is 0 Å². The summed E-state index contributed by atoms with van der Waals surface area (Å²) in [7, 11) is 0. The molecule has 67 heavy (non-hydrogen) atoms. The van der Waals surface area contributed by atoms with Crippen LogP contribution in [0.2, 0.25) is 0 Å². The van der Waals surface area contributed by atoms with Crippen LogP contribution < -0.4 is 11.1 Å². The molecule has 4 N–H and O–H groups in total. The summed E-state index contributed by atoms with van der Waals surface area (Å²) in [6.07, 6.45) is -25.7. The second-order valence-corrected chi connectivity index (χ2v) is 15.5. The predicted octanol–water partition coefficient (Wildman–Crippen LogP) is -2.01. The minimum atomic E-state index is -2.09. The third-order valence-corrected chi connectivity index (χ3v) is 9.77. The lowest BCUT2D eigenvalue weighted by atomic mass is 9.94. The fraction of sp³-hybridized carbons (Fsp3) is 0.750. The van der Waals surface area contributed by atoms with Crippen LogP contribution in [0.15, 0.2) is 0 Å². The number of hydrogen-bond acceptors (Lipinski definition) is 25. The summed E-state index contributed by atoms with van der Waals surface area (Å²) >= 11 is 0. The van der Waals surface area contributed by atoms with Gasteiger partial charge in [-0.3, -0.25) is 47.9 Å². The lowest BCUT2D eigenvalue weighted by molar-refractivity contribution is -0.382. The maximum absolute atomic E-state index is 13.0. The minimum absolute atomic E-state index is 0.691. The van der Waals surface area contributed by atoms with Gasteiger partial charge < -0.3 is 82.5 Å². The fourth-order valence-corrected chi connectivity index (χ4v) is 7.25. The van der Waals surface area contributed by atoms with Gasteiger partial charge in [-0.15, -0.1) is 0 Å². The van der Waals surface area contributed by atoms with E-state index in [9.17, 15) is 53.1 Å². The van der Waals surface area contributed by atoms with Crippen LogP contribution in [0.4, 0.5) is 0 Å². The molecule has 0 aromatic heterocycles. The molecule has 0 aliphatic carbocycles. The molecule has 17 atom stereocenters. The lowest BCUT2D eigenvalue weighted by Gasteiger charge is -2.51. The Morgan fingerprint density at radius 3 is 1.31 bits per heavy atom. The number of esters is 8. The summed E-state index contributed by atoms with van der Waals surface area (Å²) in [5.41, 5.74) is 5.85. The van der Waals surface area contributed by atoms with Crippen LogP contribution in [0.3, 0.4) is 0 Å². The number of hydrogen-bond donors (Lipinski definition) is 3. The number of carbonyl (C=O) groups is 10. The van der Waals surface area contributed by atoms with Crippen molar-refractivity contribution in [3.05, 3.63) is 0 Å². The molecule has 0 saturated carbocycles. The van der Waals surface area contributed by atoms with Crippen LogP contribution in [-0.2, 0) is 114 Å². The van der Waals surface area contributed by atoms with Gasteiger partial charge in [0.2, 0.25) is 5.91 Å². The lowest BCUT2D eigenvalue weighted by Crippen LogP contribution is -2.70. The first kappa shape index (κ1) is 55.7. The summed E-state index contributed by atoms with van der Waals surface area (Å²) in [6, 6.07) is -3.35. The first-order valence-electron chi connectivity index (χ1n) is 20.7. The van der Waals surface area contributed by atoms with Gasteiger partial charge in [-0.2, -0.15) is 0 Å². The van der Waals surface area contributed by atoms with E-state index in [1.54, 1.807) is 0 Å². The van der Waals surface area contributed by atoms with E-state index in [1.807, 2.05) is 0 Å². The minimum Gasteiger partial charge on any atom is -0.480 e. The van der Waals surface area contributed by atoms with Crippen molar-refractivity contribution in [3.8, 4) is 0 Å². The Bertz CT molecular complexity index is 1830. The van der Waals surface area contributed by atoms with E-state index in [4.69, 9.17) is 72.0 Å². The molecule has 3 fully saturated rings. The first-order chi connectivity index (χ1) is 31.2. The van der Waals surface area contributed by atoms with E-state index in [0.717, 1.165) is 62.3 Å². The van der Waals surface area contributed by atoms with E-state index in [-0.39, 0.29) is 0 Å². The summed E-state index contributed by atoms with van der Waals surface area (Å²) in [5, 5.41) is 12.2. The average molecular weight is 967 g/mol. The van der Waals surface area contributed by atoms with Crippen LogP contribution in [0.25, 0.3) is 0 Å². The molecular formula is C40H58N2O25. The highest BCUT2D eigenvalue weighted by Gasteiger charge is 2.59. The Balaban J connectivity index is 2.40. The maximum Gasteiger partial charge on any atom is 0.323 e. The number of carbonyl (C=O) groups excluding carboxylic acids is 9. The van der Waals surface area contributed by atoms with Crippen molar-refractivity contribution < 1.29 is 119 Å². The molecule has 3 heterocycles. The molecule has 3 aliphatic heterocycles. The molecule has 27 nitrogen and oxygen atoms in total. The molecule has 3 aliphatic rings. The van der Waals surface area contributed by atoms with Crippen molar-refractivity contribution in [2.75, 3.05) is 13.2 Å². The van der Waals surface area contributed by atoms with Gasteiger partial charge in [-0.25, -0.2) is 0 Å². The van der Waals surface area contributed by atoms with Crippen LogP contribution in [0.5, 0.6) is 0 Å². The number of rotatable bonds is 19. The molecule has 0 radical (unpaired) electrons. The molecular weight excluding hydrogens is 908 g/mol. The van der Waals surface area contributed by atoms with Gasteiger partial charge in [0.25, 0.3) is 0 Å². The summed E-state index contributed by atoms with van der Waals surface area (Å²) < 4.78 is 81.4. The number of aliphatic carboxylic acids is 1. The predicted molar refractivity (Wildman–Crippen MR) is 212 cm³/mol. The monoisotopic (exact) mass is 966 g/mol. The van der Waals surface area contributed by atoms with E-state index in [1.165, 1.54) is 13.8 Å². The Kier molecular flexibility index (Phi) is 20.8. The van der Waals surface area contributed by atoms with E-state index < -0.39 is 177 Å². The highest BCUT2D eigenvalue weighted by Crippen LogP contribution is 2.38. The van der Waals surface area contributed by atoms with Crippen molar-refractivity contribution in [2.45, 2.75) is 180 Å². The van der Waals surface area contributed by atoms with Gasteiger partial charge in [0.05, 0.1) is 12.2 Å². The number of carboxylic acid groups (broad SMARTS) is 1. The zero-order valence-electron chi connectivity index (χ0n) is 38.6. The van der Waals surface area contributed by atoms with Gasteiger partial charge in [0.1, 0.15) is 43.6 Å². The highest BCUT2D eigenvalue weighted by molar-refractivity contribution is 5.74. The second-order valence-electron chi connectivity index (χ2n) is 15.5. The Hall–Kier alpha value is -5.58. The van der Waals surface area contributed by atoms with Gasteiger partial charge in [-0.1, -0.05) is 0 Å². The number of amides is 1. The van der Waals surface area contributed by atoms with Crippen molar-refractivity contribution in [1.82, 2.24) is 5.32 Å². The van der Waals surface area contributed by atoms with E-state index in [0.29, 0.717) is 0 Å². The molecule has 0 aromatic carbocycles. The first-order valence-corrected chi connectivity index (χ1v) is 20.7. The molecule has 378 valence electrons. The number of nitrogens with one attached hydrogen (secondary N) is 1. The van der Waals surface area contributed by atoms with Gasteiger partial charge in [-0.05, 0) is 13.8 Å². The highest BCUT2D eigenvalue weighted by atomic mass is 16.8. The van der Waals surface area contributed by atoms with Crippen LogP contribution >= 0.6 is 0 Å². The number of nitrogens with two attached hydrogens (primary N) is 1. The van der Waals surface area contributed by atoms with Crippen LogP contribution in [-0.4, -0.2) is 182 Å². The summed E-state index contributed by atoms with van der Waals surface area (Å²) in [6.45, 7) is 10.3. The molecule has 0 spiro atoms. The third-order valence-electron chi connectivity index (χ3n) is 9.77. The zero-order chi connectivity index (χ0) is 50.6. The van der Waals surface area contributed by atoms with Crippen molar-refractivity contribution in [1.29, 1.82) is 0 Å². The SMILES string of the molecule is CC(=O)N[C@H]1[C@@H](O[C@H](C)[C@H](N)C(=O)O)O[C@H](COC(C)=O)[C@H](OC(C)=O)[C@@H]1O[C@@H]1O[C@H](COC(C)=O)[C@H](OC(C)=O)[C@H](OC(C)=O)[C@H]1O[C@@H]1O[C@@H](C)[C@@H](OC(C)=O)[C@@H](OC(C)=O)[C@@H]1OC(C)=O. The Labute approximate surface area is 383 Å². The van der Waals surface area contributed by atoms with Crippen LogP contribution in [0, 0.1) is 0 Å². The smallest absolute Gasteiger partial charge is 0.323 e. The van der Waals surface area contributed by atoms with Crippen molar-refractivity contribution in [3.63, 3.8) is 0 Å². The van der Waals surface area contributed by atoms with Gasteiger partial charge >= 0.3 is 53.7 Å². The van der Waals surface area contributed by atoms with Gasteiger partial charge in [0, 0.05) is 62.3 Å². The number of ether oxygens (including phenoxy) is 14. The third kappa shape index (κ3) is 16.3. The van der Waals surface area contributed by atoms with Crippen molar-refractivity contribution >= 4 is 59.6 Å². The number of carboxylic acids is 1. The molecule has 0 aromatic rings. The largest absolute Gasteiger partial charge is 0.480 e. The quantitative estimate of drug-likeness (QED) is 0.0930. The molecule has 1 amide bonds. The van der Waals surface area contributed by atoms with E-state index in [2.05, 4.69) is 5.32 Å².